The predicted octanol–water partition coefficient (Wildman–Crippen LogP) is 1.49. The molecule has 1 aliphatic heterocycles. The molecule has 0 aromatic heterocycles. The molecule has 0 spiro atoms. The molecule has 1 amide bonds. The Labute approximate surface area is 140 Å². The molecule has 7 heteroatoms. The summed E-state index contributed by atoms with van der Waals surface area (Å²) in [6.45, 7) is 4.21. The number of amides is 1. The van der Waals surface area contributed by atoms with Crippen LogP contribution < -0.4 is 14.8 Å². The fraction of sp³-hybridized carbons (Fsp3) is 0.471. The summed E-state index contributed by atoms with van der Waals surface area (Å²) in [6.07, 6.45) is -0.0769. The Morgan fingerprint density at radius 3 is 2.54 bits per heavy atom. The van der Waals surface area contributed by atoms with Crippen LogP contribution in [0.4, 0.5) is 0 Å². The fourth-order valence-electron chi connectivity index (χ4n) is 2.16. The number of esters is 1. The molecule has 1 heterocycles. The fourth-order valence-corrected chi connectivity index (χ4v) is 2.16. The molecular formula is C17H21NO6. The zero-order chi connectivity index (χ0) is 17.5. The maximum absolute atomic E-state index is 12.1. The van der Waals surface area contributed by atoms with Crippen molar-refractivity contribution >= 4 is 17.7 Å². The van der Waals surface area contributed by atoms with Gasteiger partial charge in [-0.2, -0.15) is 0 Å². The molecule has 130 valence electrons. The standard InChI is InChI=1S/C17H21NO6/c1-11(2)18-16(20)10-24-17(21)6-4-13(19)12-3-5-14-15(9-12)23-8-7-22-14/h3,5,9,11H,4,6-8,10H2,1-2H3,(H,18,20). The molecule has 0 radical (unpaired) electrons. The first-order valence-corrected chi connectivity index (χ1v) is 7.83. The number of Topliss-reactive ketones (excluding diaryl/α,β-unsaturated/α-hetero) is 1. The highest BCUT2D eigenvalue weighted by molar-refractivity contribution is 5.98. The Morgan fingerprint density at radius 1 is 1.12 bits per heavy atom. The van der Waals surface area contributed by atoms with E-state index in [9.17, 15) is 14.4 Å². The smallest absolute Gasteiger partial charge is 0.306 e. The molecule has 1 N–H and O–H groups in total. The van der Waals surface area contributed by atoms with E-state index in [1.165, 1.54) is 0 Å². The van der Waals surface area contributed by atoms with Gasteiger partial charge in [0.15, 0.2) is 23.9 Å². The third kappa shape index (κ3) is 5.26. The average molecular weight is 335 g/mol. The van der Waals surface area contributed by atoms with Gasteiger partial charge in [-0.3, -0.25) is 14.4 Å². The van der Waals surface area contributed by atoms with Gasteiger partial charge in [-0.15, -0.1) is 0 Å². The second kappa shape index (κ2) is 8.33. The van der Waals surface area contributed by atoms with Crippen LogP contribution in [-0.2, 0) is 14.3 Å². The summed E-state index contributed by atoms with van der Waals surface area (Å²) in [6, 6.07) is 4.90. The molecule has 24 heavy (non-hydrogen) atoms. The lowest BCUT2D eigenvalue weighted by Crippen LogP contribution is -2.34. The zero-order valence-corrected chi connectivity index (χ0v) is 13.8. The van der Waals surface area contributed by atoms with Crippen molar-refractivity contribution < 1.29 is 28.6 Å². The monoisotopic (exact) mass is 335 g/mol. The van der Waals surface area contributed by atoms with Crippen molar-refractivity contribution in [2.24, 2.45) is 0 Å². The molecule has 7 nitrogen and oxygen atoms in total. The van der Waals surface area contributed by atoms with Crippen molar-refractivity contribution in [1.29, 1.82) is 0 Å². The molecule has 1 aromatic rings. The molecule has 2 rings (SSSR count). The average Bonchev–Trinajstić information content (AvgIpc) is 2.56. The molecule has 0 bridgehead atoms. The van der Waals surface area contributed by atoms with Crippen molar-refractivity contribution in [2.45, 2.75) is 32.7 Å². The number of nitrogens with one attached hydrogen (secondary N) is 1. The Balaban J connectivity index is 1.78. The third-order valence-corrected chi connectivity index (χ3v) is 3.23. The van der Waals surface area contributed by atoms with Crippen molar-refractivity contribution in [3.05, 3.63) is 23.8 Å². The molecule has 0 aliphatic carbocycles. The van der Waals surface area contributed by atoms with Crippen LogP contribution in [0.5, 0.6) is 11.5 Å². The molecule has 0 unspecified atom stereocenters. The van der Waals surface area contributed by atoms with Gasteiger partial charge >= 0.3 is 5.97 Å². The van der Waals surface area contributed by atoms with E-state index in [0.29, 0.717) is 30.3 Å². The summed E-state index contributed by atoms with van der Waals surface area (Å²) < 4.78 is 15.6. The van der Waals surface area contributed by atoms with Crippen molar-refractivity contribution in [1.82, 2.24) is 5.32 Å². The SMILES string of the molecule is CC(C)NC(=O)COC(=O)CCC(=O)c1ccc2c(c1)OCCO2. The minimum atomic E-state index is -0.584. The predicted molar refractivity (Wildman–Crippen MR) is 85.2 cm³/mol. The van der Waals surface area contributed by atoms with E-state index in [2.05, 4.69) is 5.32 Å². The second-order valence-corrected chi connectivity index (χ2v) is 5.66. The Kier molecular flexibility index (Phi) is 6.17. The number of ketones is 1. The lowest BCUT2D eigenvalue weighted by atomic mass is 10.1. The summed E-state index contributed by atoms with van der Waals surface area (Å²) in [5.74, 6) is -0.0136. The second-order valence-electron chi connectivity index (χ2n) is 5.66. The Hall–Kier alpha value is -2.57. The normalized spacial score (nSPS) is 12.6. The molecule has 0 atom stereocenters. The van der Waals surface area contributed by atoms with E-state index < -0.39 is 5.97 Å². The van der Waals surface area contributed by atoms with E-state index >= 15 is 0 Å². The Bertz CT molecular complexity index is 626. The number of rotatable bonds is 7. The van der Waals surface area contributed by atoms with Gasteiger partial charge in [-0.1, -0.05) is 0 Å². The highest BCUT2D eigenvalue weighted by atomic mass is 16.6. The van der Waals surface area contributed by atoms with Gasteiger partial charge in [-0.25, -0.2) is 0 Å². The summed E-state index contributed by atoms with van der Waals surface area (Å²) in [7, 11) is 0. The number of fused-ring (bicyclic) bond motifs is 1. The molecule has 1 aliphatic rings. The van der Waals surface area contributed by atoms with Crippen LogP contribution in [0.15, 0.2) is 18.2 Å². The van der Waals surface area contributed by atoms with E-state index in [0.717, 1.165) is 0 Å². The maximum Gasteiger partial charge on any atom is 0.306 e. The van der Waals surface area contributed by atoms with Gasteiger partial charge in [0.05, 0.1) is 6.42 Å². The summed E-state index contributed by atoms with van der Waals surface area (Å²) in [5.41, 5.74) is 0.449. The van der Waals surface area contributed by atoms with Crippen LogP contribution in [-0.4, -0.2) is 43.5 Å². The highest BCUT2D eigenvalue weighted by Crippen LogP contribution is 2.31. The van der Waals surface area contributed by atoms with Crippen LogP contribution >= 0.6 is 0 Å². The molecular weight excluding hydrogens is 314 g/mol. The molecule has 1 aromatic carbocycles. The van der Waals surface area contributed by atoms with Gasteiger partial charge in [0.25, 0.3) is 5.91 Å². The number of carbonyl (C=O) groups is 3. The van der Waals surface area contributed by atoms with Crippen molar-refractivity contribution in [3.63, 3.8) is 0 Å². The number of carbonyl (C=O) groups excluding carboxylic acids is 3. The maximum atomic E-state index is 12.1. The molecule has 0 saturated heterocycles. The first-order chi connectivity index (χ1) is 11.5. The highest BCUT2D eigenvalue weighted by Gasteiger charge is 2.16. The number of benzene rings is 1. The van der Waals surface area contributed by atoms with Crippen LogP contribution in [0, 0.1) is 0 Å². The lowest BCUT2D eigenvalue weighted by Gasteiger charge is -2.18. The van der Waals surface area contributed by atoms with Gasteiger partial charge in [0.2, 0.25) is 0 Å². The number of hydrogen-bond donors (Lipinski definition) is 1. The van der Waals surface area contributed by atoms with E-state index in [4.69, 9.17) is 14.2 Å². The number of ether oxygens (including phenoxy) is 3. The van der Waals surface area contributed by atoms with Gasteiger partial charge in [0.1, 0.15) is 13.2 Å². The zero-order valence-electron chi connectivity index (χ0n) is 13.8. The minimum Gasteiger partial charge on any atom is -0.486 e. The van der Waals surface area contributed by atoms with Gasteiger partial charge < -0.3 is 19.5 Å². The van der Waals surface area contributed by atoms with Crippen LogP contribution in [0.1, 0.15) is 37.0 Å². The van der Waals surface area contributed by atoms with Gasteiger partial charge in [0, 0.05) is 18.0 Å². The third-order valence-electron chi connectivity index (χ3n) is 3.23. The van der Waals surface area contributed by atoms with Crippen LogP contribution in [0.25, 0.3) is 0 Å². The largest absolute Gasteiger partial charge is 0.486 e. The van der Waals surface area contributed by atoms with E-state index in [-0.39, 0.29) is 37.2 Å². The molecule has 0 fully saturated rings. The van der Waals surface area contributed by atoms with Crippen molar-refractivity contribution in [2.75, 3.05) is 19.8 Å². The van der Waals surface area contributed by atoms with Crippen LogP contribution in [0.2, 0.25) is 0 Å². The summed E-state index contributed by atoms with van der Waals surface area (Å²) >= 11 is 0. The first kappa shape index (κ1) is 17.8. The van der Waals surface area contributed by atoms with Gasteiger partial charge in [-0.05, 0) is 32.0 Å². The summed E-state index contributed by atoms with van der Waals surface area (Å²) in [5, 5.41) is 2.61. The van der Waals surface area contributed by atoms with E-state index in [1.807, 2.05) is 13.8 Å². The minimum absolute atomic E-state index is 0.00424. The quantitative estimate of drug-likeness (QED) is 0.600. The van der Waals surface area contributed by atoms with E-state index in [1.54, 1.807) is 18.2 Å². The first-order valence-electron chi connectivity index (χ1n) is 7.83. The number of hydrogen-bond acceptors (Lipinski definition) is 6. The van der Waals surface area contributed by atoms with Crippen molar-refractivity contribution in [3.8, 4) is 11.5 Å². The van der Waals surface area contributed by atoms with Crippen LogP contribution in [0.3, 0.4) is 0 Å². The summed E-state index contributed by atoms with van der Waals surface area (Å²) in [4.78, 5) is 35.1. The molecule has 0 saturated carbocycles. The topological polar surface area (TPSA) is 90.9 Å². The lowest BCUT2D eigenvalue weighted by molar-refractivity contribution is -0.148. The Morgan fingerprint density at radius 2 is 1.83 bits per heavy atom.